The molecule has 0 radical (unpaired) electrons. The number of fused-ring (bicyclic) bond motifs is 6. The van der Waals surface area contributed by atoms with Gasteiger partial charge in [-0.15, -0.1) is 5.10 Å². The monoisotopic (exact) mass is 422 g/mol. The number of hydrogen-bond acceptors (Lipinski definition) is 6. The average molecular weight is 423 g/mol. The van der Waals surface area contributed by atoms with Gasteiger partial charge in [-0.1, -0.05) is 12.1 Å². The first-order chi connectivity index (χ1) is 15.2. The smallest absolute Gasteiger partial charge is 0.272 e. The van der Waals surface area contributed by atoms with Crippen molar-refractivity contribution < 1.29 is 9.47 Å². The van der Waals surface area contributed by atoms with Crippen molar-refractivity contribution in [3.63, 3.8) is 0 Å². The Balaban J connectivity index is 1.16. The molecule has 0 spiro atoms. The maximum atomic E-state index is 12.5. The molecule has 4 bridgehead atoms. The summed E-state index contributed by atoms with van der Waals surface area (Å²) in [6.07, 6.45) is 5.27. The van der Waals surface area contributed by atoms with Crippen LogP contribution in [0.25, 0.3) is 11.1 Å². The van der Waals surface area contributed by atoms with Crippen LogP contribution in [-0.2, 0) is 0 Å². The summed E-state index contributed by atoms with van der Waals surface area (Å²) in [6.45, 7) is 6.73. The van der Waals surface area contributed by atoms with Crippen molar-refractivity contribution in [2.24, 2.45) is 11.8 Å². The van der Waals surface area contributed by atoms with Crippen molar-refractivity contribution in [3.8, 4) is 22.8 Å². The molecule has 2 aromatic rings. The lowest BCUT2D eigenvalue weighted by atomic mass is 9.86. The Labute approximate surface area is 182 Å². The molecular formula is C24H30N4O3. The van der Waals surface area contributed by atoms with Crippen LogP contribution >= 0.6 is 0 Å². The highest BCUT2D eigenvalue weighted by atomic mass is 16.5. The van der Waals surface area contributed by atoms with Crippen molar-refractivity contribution in [2.45, 2.75) is 37.9 Å². The topological polar surface area (TPSA) is 70.7 Å². The molecule has 1 aromatic carbocycles. The number of hydrogen-bond donors (Lipinski definition) is 1. The maximum Gasteiger partial charge on any atom is 0.272 e. The Kier molecular flexibility index (Phi) is 4.95. The molecule has 2 unspecified atom stereocenters. The van der Waals surface area contributed by atoms with E-state index in [0.717, 1.165) is 24.4 Å². The average Bonchev–Trinajstić information content (AvgIpc) is 2.83. The summed E-state index contributed by atoms with van der Waals surface area (Å²) in [4.78, 5) is 17.4. The van der Waals surface area contributed by atoms with E-state index in [4.69, 9.17) is 9.47 Å². The zero-order valence-electron chi connectivity index (χ0n) is 17.8. The van der Waals surface area contributed by atoms with E-state index in [-0.39, 0.29) is 17.8 Å². The molecule has 1 N–H and O–H groups in total. The molecule has 8 rings (SSSR count). The number of ether oxygens (including phenoxy) is 2. The fraction of sp³-hybridized carbons (Fsp3) is 0.583. The predicted octanol–water partition coefficient (Wildman–Crippen LogP) is 2.38. The third kappa shape index (κ3) is 3.85. The van der Waals surface area contributed by atoms with Gasteiger partial charge in [0.1, 0.15) is 18.0 Å². The molecule has 6 fully saturated rings. The fourth-order valence-corrected chi connectivity index (χ4v) is 5.79. The summed E-state index contributed by atoms with van der Waals surface area (Å²) < 4.78 is 12.5. The van der Waals surface area contributed by atoms with Gasteiger partial charge in [0.2, 0.25) is 5.88 Å². The lowest BCUT2D eigenvalue weighted by Gasteiger charge is -2.44. The lowest BCUT2D eigenvalue weighted by Crippen LogP contribution is -2.52. The van der Waals surface area contributed by atoms with Gasteiger partial charge in [0, 0.05) is 19.2 Å². The van der Waals surface area contributed by atoms with Crippen molar-refractivity contribution >= 4 is 0 Å². The molecule has 7 heterocycles. The summed E-state index contributed by atoms with van der Waals surface area (Å²) in [7, 11) is 0. The number of aromatic nitrogens is 2. The molecule has 0 aliphatic carbocycles. The number of nitrogens with one attached hydrogen (secondary N) is 1. The van der Waals surface area contributed by atoms with Crippen LogP contribution in [0.15, 0.2) is 35.1 Å². The van der Waals surface area contributed by atoms with Crippen LogP contribution in [-0.4, -0.2) is 71.5 Å². The quantitative estimate of drug-likeness (QED) is 0.798. The Morgan fingerprint density at radius 1 is 0.839 bits per heavy atom. The van der Waals surface area contributed by atoms with E-state index >= 15 is 0 Å². The SMILES string of the molecule is O=c1[nH]nc(OC2CN3CCC2CC3)cc1-c1ccc(OC2CN3CCC2CC3)cc1. The Morgan fingerprint density at radius 2 is 1.42 bits per heavy atom. The van der Waals surface area contributed by atoms with Crippen LogP contribution in [0, 0.1) is 11.8 Å². The van der Waals surface area contributed by atoms with E-state index in [9.17, 15) is 4.79 Å². The first kappa shape index (κ1) is 19.3. The van der Waals surface area contributed by atoms with E-state index < -0.39 is 0 Å². The molecular weight excluding hydrogens is 392 g/mol. The number of nitrogens with zero attached hydrogens (tertiary/aromatic N) is 3. The number of piperidine rings is 6. The molecule has 0 amide bonds. The molecule has 2 atom stereocenters. The van der Waals surface area contributed by atoms with Gasteiger partial charge in [0.05, 0.1) is 5.56 Å². The number of rotatable bonds is 5. The Morgan fingerprint density at radius 3 is 1.97 bits per heavy atom. The molecule has 6 aliphatic rings. The molecule has 0 saturated carbocycles. The molecule has 6 saturated heterocycles. The predicted molar refractivity (Wildman–Crippen MR) is 117 cm³/mol. The molecule has 7 heteroatoms. The van der Waals surface area contributed by atoms with Gasteiger partial charge >= 0.3 is 0 Å². The van der Waals surface area contributed by atoms with Crippen LogP contribution in [0.2, 0.25) is 0 Å². The highest BCUT2D eigenvalue weighted by molar-refractivity contribution is 5.63. The first-order valence-corrected chi connectivity index (χ1v) is 11.7. The minimum absolute atomic E-state index is 0.158. The van der Waals surface area contributed by atoms with E-state index in [1.54, 1.807) is 6.07 Å². The highest BCUT2D eigenvalue weighted by Crippen LogP contribution is 2.32. The van der Waals surface area contributed by atoms with Gasteiger partial charge in [-0.3, -0.25) is 14.6 Å². The number of aromatic amines is 1. The largest absolute Gasteiger partial charge is 0.489 e. The van der Waals surface area contributed by atoms with Gasteiger partial charge in [-0.05, 0) is 81.4 Å². The molecule has 31 heavy (non-hydrogen) atoms. The third-order valence-electron chi connectivity index (χ3n) is 7.70. The summed E-state index contributed by atoms with van der Waals surface area (Å²) in [5.74, 6) is 2.63. The zero-order chi connectivity index (χ0) is 20.8. The maximum absolute atomic E-state index is 12.5. The molecule has 1 aromatic heterocycles. The first-order valence-electron chi connectivity index (χ1n) is 11.7. The second-order valence-electron chi connectivity index (χ2n) is 9.56. The van der Waals surface area contributed by atoms with Gasteiger partial charge < -0.3 is 9.47 Å². The summed E-state index contributed by atoms with van der Waals surface area (Å²) >= 11 is 0. The van der Waals surface area contributed by atoms with Crippen LogP contribution in [0.3, 0.4) is 0 Å². The van der Waals surface area contributed by atoms with Gasteiger partial charge in [0.25, 0.3) is 5.56 Å². The third-order valence-corrected chi connectivity index (χ3v) is 7.70. The van der Waals surface area contributed by atoms with Crippen LogP contribution < -0.4 is 15.0 Å². The van der Waals surface area contributed by atoms with Crippen molar-refractivity contribution in [3.05, 3.63) is 40.7 Å². The number of H-pyrrole nitrogens is 1. The normalized spacial score (nSPS) is 33.9. The van der Waals surface area contributed by atoms with Crippen molar-refractivity contribution in [2.75, 3.05) is 39.3 Å². The number of benzene rings is 1. The van der Waals surface area contributed by atoms with Crippen LogP contribution in [0.4, 0.5) is 0 Å². The van der Waals surface area contributed by atoms with Gasteiger partial charge in [-0.25, -0.2) is 5.10 Å². The highest BCUT2D eigenvalue weighted by Gasteiger charge is 2.36. The summed E-state index contributed by atoms with van der Waals surface area (Å²) in [6, 6.07) is 9.64. The Bertz CT molecular complexity index is 975. The standard InChI is InChI=1S/C24H30N4O3/c29-24-20(13-23(25-26-24)31-22-15-28-11-7-18(22)8-12-28)16-1-3-19(4-2-16)30-21-14-27-9-5-17(21)6-10-27/h1-4,13,17-18,21-22H,5-12,14-15H2,(H,26,29). The van der Waals surface area contributed by atoms with Crippen molar-refractivity contribution in [1.29, 1.82) is 0 Å². The van der Waals surface area contributed by atoms with Crippen molar-refractivity contribution in [1.82, 2.24) is 20.0 Å². The fourth-order valence-electron chi connectivity index (χ4n) is 5.79. The zero-order valence-corrected chi connectivity index (χ0v) is 17.8. The van der Waals surface area contributed by atoms with Gasteiger partial charge in [0.15, 0.2) is 0 Å². The minimum Gasteiger partial charge on any atom is -0.489 e. The molecule has 7 nitrogen and oxygen atoms in total. The summed E-state index contributed by atoms with van der Waals surface area (Å²) in [5, 5.41) is 6.77. The second-order valence-corrected chi connectivity index (χ2v) is 9.56. The lowest BCUT2D eigenvalue weighted by molar-refractivity contribution is -0.0104. The van der Waals surface area contributed by atoms with E-state index in [0.29, 0.717) is 23.3 Å². The minimum atomic E-state index is -0.202. The van der Waals surface area contributed by atoms with Crippen LogP contribution in [0.5, 0.6) is 11.6 Å². The summed E-state index contributed by atoms with van der Waals surface area (Å²) in [5.41, 5.74) is 1.23. The second kappa shape index (κ2) is 7.95. The van der Waals surface area contributed by atoms with Crippen LogP contribution in [0.1, 0.15) is 25.7 Å². The van der Waals surface area contributed by atoms with E-state index in [1.807, 2.05) is 24.3 Å². The molecule has 164 valence electrons. The molecule has 6 aliphatic heterocycles. The van der Waals surface area contributed by atoms with E-state index in [2.05, 4.69) is 20.0 Å². The van der Waals surface area contributed by atoms with Gasteiger partial charge in [-0.2, -0.15) is 0 Å². The Hall–Kier alpha value is -2.38. The van der Waals surface area contributed by atoms with E-state index in [1.165, 1.54) is 51.9 Å².